The first-order chi connectivity index (χ1) is 14.2. The van der Waals surface area contributed by atoms with Crippen LogP contribution in [-0.2, 0) is 6.61 Å². The first-order valence-electron chi connectivity index (χ1n) is 9.21. The van der Waals surface area contributed by atoms with Crippen molar-refractivity contribution in [3.8, 4) is 34.1 Å². The molecule has 2 aromatic heterocycles. The van der Waals surface area contributed by atoms with E-state index in [0.29, 0.717) is 40.9 Å². The summed E-state index contributed by atoms with van der Waals surface area (Å²) in [5, 5.41) is 10.8. The topological polar surface area (TPSA) is 69.4 Å². The molecular weight excluding hydrogens is 366 g/mol. The second-order valence-corrected chi connectivity index (χ2v) is 6.56. The van der Waals surface area contributed by atoms with Crippen LogP contribution in [-0.4, -0.2) is 27.0 Å². The van der Waals surface area contributed by atoms with Crippen LogP contribution < -0.4 is 9.47 Å². The highest BCUT2D eigenvalue weighted by molar-refractivity contribution is 5.71. The molecule has 0 atom stereocenters. The smallest absolute Gasteiger partial charge is 0.180 e. The fourth-order valence-corrected chi connectivity index (χ4v) is 3.21. The molecule has 6 nitrogen and oxygen atoms in total. The van der Waals surface area contributed by atoms with Crippen LogP contribution in [0.5, 0.6) is 11.5 Å². The van der Waals surface area contributed by atoms with Gasteiger partial charge in [-0.1, -0.05) is 30.3 Å². The number of aryl methyl sites for hydroxylation is 1. The van der Waals surface area contributed by atoms with Crippen LogP contribution in [0.4, 0.5) is 0 Å². The molecule has 6 heteroatoms. The Balaban J connectivity index is 1.65. The average molecular weight is 387 g/mol. The van der Waals surface area contributed by atoms with Gasteiger partial charge in [-0.3, -0.25) is 4.98 Å². The molecule has 29 heavy (non-hydrogen) atoms. The van der Waals surface area contributed by atoms with Crippen molar-refractivity contribution in [3.05, 3.63) is 84.3 Å². The summed E-state index contributed by atoms with van der Waals surface area (Å²) in [6, 6.07) is 19.1. The Hall–Kier alpha value is -3.80. The van der Waals surface area contributed by atoms with E-state index in [0.717, 1.165) is 15.9 Å². The number of aromatic nitrogens is 3. The molecule has 4 aromatic rings. The summed E-state index contributed by atoms with van der Waals surface area (Å²) >= 11 is 0. The first kappa shape index (κ1) is 18.6. The largest absolute Gasteiger partial charge is 0.496 e. The number of pyridine rings is 1. The van der Waals surface area contributed by atoms with Crippen LogP contribution in [0.1, 0.15) is 11.3 Å². The Morgan fingerprint density at radius 1 is 1.03 bits per heavy atom. The van der Waals surface area contributed by atoms with E-state index >= 15 is 0 Å². The zero-order valence-corrected chi connectivity index (χ0v) is 16.2. The number of benzene rings is 2. The van der Waals surface area contributed by atoms with Gasteiger partial charge in [0.2, 0.25) is 0 Å². The van der Waals surface area contributed by atoms with Gasteiger partial charge in [0.15, 0.2) is 5.82 Å². The zero-order valence-electron chi connectivity index (χ0n) is 16.2. The molecular formula is C23H21N3O3. The van der Waals surface area contributed by atoms with Crippen LogP contribution in [0.15, 0.2) is 73.1 Å². The lowest BCUT2D eigenvalue weighted by atomic mass is 10.1. The molecule has 0 aliphatic rings. The highest BCUT2D eigenvalue weighted by atomic mass is 16.5. The lowest BCUT2D eigenvalue weighted by molar-refractivity contribution is 0.195. The van der Waals surface area contributed by atoms with Crippen molar-refractivity contribution in [1.82, 2.24) is 14.7 Å². The molecule has 0 bridgehead atoms. The summed E-state index contributed by atoms with van der Waals surface area (Å²) in [5.41, 5.74) is 3.83. The Bertz CT molecular complexity index is 1110. The van der Waals surface area contributed by atoms with Crippen molar-refractivity contribution in [2.75, 3.05) is 7.11 Å². The van der Waals surface area contributed by atoms with Gasteiger partial charge in [0, 0.05) is 24.0 Å². The summed E-state index contributed by atoms with van der Waals surface area (Å²) in [6.45, 7) is 2.31. The van der Waals surface area contributed by atoms with Gasteiger partial charge in [0.25, 0.3) is 0 Å². The molecule has 2 heterocycles. The van der Waals surface area contributed by atoms with E-state index in [1.807, 2.05) is 61.5 Å². The monoisotopic (exact) mass is 387 g/mol. The van der Waals surface area contributed by atoms with Crippen LogP contribution in [0.25, 0.3) is 22.6 Å². The SMILES string of the molecule is COc1cc(OCc2ccccc2)ccc1-c1nc(C)c(-c2cccnc2)n1O. The quantitative estimate of drug-likeness (QED) is 0.484. The van der Waals surface area contributed by atoms with Gasteiger partial charge < -0.3 is 14.7 Å². The molecule has 0 radical (unpaired) electrons. The van der Waals surface area contributed by atoms with E-state index in [9.17, 15) is 5.21 Å². The minimum Gasteiger partial charge on any atom is -0.496 e. The third kappa shape index (κ3) is 3.78. The lowest BCUT2D eigenvalue weighted by Crippen LogP contribution is -2.00. The molecule has 0 fully saturated rings. The minimum absolute atomic E-state index is 0.396. The van der Waals surface area contributed by atoms with Crippen LogP contribution in [0.2, 0.25) is 0 Å². The van der Waals surface area contributed by atoms with Gasteiger partial charge in [-0.15, -0.1) is 0 Å². The zero-order chi connectivity index (χ0) is 20.2. The van der Waals surface area contributed by atoms with Gasteiger partial charge in [-0.25, -0.2) is 4.98 Å². The second-order valence-electron chi connectivity index (χ2n) is 6.56. The van der Waals surface area contributed by atoms with Gasteiger partial charge in [-0.05, 0) is 36.8 Å². The fraction of sp³-hybridized carbons (Fsp3) is 0.130. The first-order valence-corrected chi connectivity index (χ1v) is 9.21. The van der Waals surface area contributed by atoms with Crippen LogP contribution in [0, 0.1) is 6.92 Å². The van der Waals surface area contributed by atoms with Crippen molar-refractivity contribution in [1.29, 1.82) is 0 Å². The van der Waals surface area contributed by atoms with E-state index in [4.69, 9.17) is 9.47 Å². The highest BCUT2D eigenvalue weighted by Gasteiger charge is 2.20. The number of hydrogen-bond donors (Lipinski definition) is 1. The van der Waals surface area contributed by atoms with E-state index < -0.39 is 0 Å². The summed E-state index contributed by atoms with van der Waals surface area (Å²) in [7, 11) is 1.58. The number of ether oxygens (including phenoxy) is 2. The maximum atomic E-state index is 10.8. The van der Waals surface area contributed by atoms with Crippen molar-refractivity contribution in [2.24, 2.45) is 0 Å². The standard InChI is InChI=1S/C23H21N3O3/c1-16-22(18-9-6-12-24-14-18)26(27)23(25-16)20-11-10-19(13-21(20)28-2)29-15-17-7-4-3-5-8-17/h3-14,27H,15H2,1-2H3. The molecule has 0 saturated heterocycles. The third-order valence-electron chi connectivity index (χ3n) is 4.63. The normalized spacial score (nSPS) is 10.7. The Morgan fingerprint density at radius 2 is 1.86 bits per heavy atom. The van der Waals surface area contributed by atoms with Crippen molar-refractivity contribution in [3.63, 3.8) is 0 Å². The number of methoxy groups -OCH3 is 1. The Kier molecular flexibility index (Phi) is 5.16. The molecule has 0 aliphatic carbocycles. The van der Waals surface area contributed by atoms with E-state index in [1.54, 1.807) is 25.6 Å². The van der Waals surface area contributed by atoms with Gasteiger partial charge >= 0.3 is 0 Å². The van der Waals surface area contributed by atoms with Crippen molar-refractivity contribution in [2.45, 2.75) is 13.5 Å². The molecule has 0 aliphatic heterocycles. The van der Waals surface area contributed by atoms with Crippen molar-refractivity contribution < 1.29 is 14.7 Å². The van der Waals surface area contributed by atoms with E-state index in [-0.39, 0.29) is 0 Å². The van der Waals surface area contributed by atoms with Gasteiger partial charge in [0.1, 0.15) is 23.8 Å². The number of imidazole rings is 1. The molecule has 146 valence electrons. The highest BCUT2D eigenvalue weighted by Crippen LogP contribution is 2.35. The number of hydrogen-bond acceptors (Lipinski definition) is 5. The lowest BCUT2D eigenvalue weighted by Gasteiger charge is -2.12. The molecule has 0 amide bonds. The molecule has 2 aromatic carbocycles. The summed E-state index contributed by atoms with van der Waals surface area (Å²) in [5.74, 6) is 1.64. The van der Waals surface area contributed by atoms with Gasteiger partial charge in [-0.2, -0.15) is 4.73 Å². The van der Waals surface area contributed by atoms with Crippen molar-refractivity contribution >= 4 is 0 Å². The predicted molar refractivity (Wildman–Crippen MR) is 110 cm³/mol. The molecule has 0 saturated carbocycles. The summed E-state index contributed by atoms with van der Waals surface area (Å²) < 4.78 is 12.5. The van der Waals surface area contributed by atoms with E-state index in [2.05, 4.69) is 9.97 Å². The summed E-state index contributed by atoms with van der Waals surface area (Å²) in [4.78, 5) is 8.68. The predicted octanol–water partition coefficient (Wildman–Crippen LogP) is 4.75. The van der Waals surface area contributed by atoms with Crippen LogP contribution >= 0.6 is 0 Å². The molecule has 0 unspecified atom stereocenters. The number of rotatable bonds is 6. The fourth-order valence-electron chi connectivity index (χ4n) is 3.21. The maximum absolute atomic E-state index is 10.8. The molecule has 1 N–H and O–H groups in total. The third-order valence-corrected chi connectivity index (χ3v) is 4.63. The Morgan fingerprint density at radius 3 is 2.59 bits per heavy atom. The van der Waals surface area contributed by atoms with Crippen LogP contribution in [0.3, 0.4) is 0 Å². The van der Waals surface area contributed by atoms with E-state index in [1.165, 1.54) is 0 Å². The second kappa shape index (κ2) is 8.06. The molecule has 4 rings (SSSR count). The minimum atomic E-state index is 0.396. The van der Waals surface area contributed by atoms with Gasteiger partial charge in [0.05, 0.1) is 18.4 Å². The average Bonchev–Trinajstić information content (AvgIpc) is 3.07. The maximum Gasteiger partial charge on any atom is 0.180 e. The molecule has 0 spiro atoms. The summed E-state index contributed by atoms with van der Waals surface area (Å²) in [6.07, 6.45) is 3.38. The Labute approximate surface area is 169 Å². The number of nitrogens with zero attached hydrogens (tertiary/aromatic N) is 3.